The van der Waals surface area contributed by atoms with Gasteiger partial charge in [0.25, 0.3) is 5.91 Å². The van der Waals surface area contributed by atoms with Gasteiger partial charge in [0.2, 0.25) is 0 Å². The average molecular weight is 239 g/mol. The van der Waals surface area contributed by atoms with Crippen molar-refractivity contribution >= 4 is 17.2 Å². The van der Waals surface area contributed by atoms with Crippen LogP contribution >= 0.6 is 11.3 Å². The maximum absolute atomic E-state index is 12.0. The monoisotopic (exact) mass is 239 g/mol. The third-order valence-corrected chi connectivity index (χ3v) is 4.19. The molecule has 0 spiro atoms. The summed E-state index contributed by atoms with van der Waals surface area (Å²) < 4.78 is 0. The molecule has 3 heteroatoms. The van der Waals surface area contributed by atoms with Crippen molar-refractivity contribution in [2.75, 3.05) is 0 Å². The molecular formula is C13H21NOS. The quantitative estimate of drug-likeness (QED) is 0.840. The minimum absolute atomic E-state index is 0.0456. The van der Waals surface area contributed by atoms with Gasteiger partial charge in [0, 0.05) is 16.3 Å². The van der Waals surface area contributed by atoms with Crippen molar-refractivity contribution < 1.29 is 4.79 Å². The topological polar surface area (TPSA) is 29.1 Å². The van der Waals surface area contributed by atoms with E-state index in [4.69, 9.17) is 0 Å². The summed E-state index contributed by atoms with van der Waals surface area (Å²) >= 11 is 1.63. The molecule has 1 atom stereocenters. The van der Waals surface area contributed by atoms with Crippen molar-refractivity contribution in [2.45, 2.75) is 47.6 Å². The number of hydrogen-bond acceptors (Lipinski definition) is 2. The molecule has 1 rings (SSSR count). The predicted molar refractivity (Wildman–Crippen MR) is 70.2 cm³/mol. The largest absolute Gasteiger partial charge is 0.349 e. The van der Waals surface area contributed by atoms with E-state index in [0.29, 0.717) is 0 Å². The van der Waals surface area contributed by atoms with Crippen molar-refractivity contribution in [3.05, 3.63) is 21.4 Å². The molecule has 1 amide bonds. The molecule has 0 aliphatic carbocycles. The van der Waals surface area contributed by atoms with Gasteiger partial charge in [-0.3, -0.25) is 4.79 Å². The van der Waals surface area contributed by atoms with Crippen molar-refractivity contribution in [3.63, 3.8) is 0 Å². The van der Waals surface area contributed by atoms with E-state index in [9.17, 15) is 4.79 Å². The molecule has 0 aliphatic rings. The molecule has 1 aromatic heterocycles. The zero-order valence-electron chi connectivity index (χ0n) is 11.0. The Hall–Kier alpha value is -0.830. The lowest BCUT2D eigenvalue weighted by Gasteiger charge is -2.28. The van der Waals surface area contributed by atoms with Gasteiger partial charge in [0.15, 0.2) is 0 Å². The molecule has 0 bridgehead atoms. The summed E-state index contributed by atoms with van der Waals surface area (Å²) in [6.45, 7) is 12.5. The van der Waals surface area contributed by atoms with Crippen LogP contribution in [0.5, 0.6) is 0 Å². The van der Waals surface area contributed by atoms with E-state index in [0.717, 1.165) is 11.1 Å². The highest BCUT2D eigenvalue weighted by Gasteiger charge is 2.23. The summed E-state index contributed by atoms with van der Waals surface area (Å²) in [6.07, 6.45) is 0. The number of carbonyl (C=O) groups excluding carboxylic acids is 1. The van der Waals surface area contributed by atoms with Gasteiger partial charge in [0.05, 0.1) is 5.56 Å². The molecule has 2 nitrogen and oxygen atoms in total. The standard InChI is InChI=1S/C13H21NOS/c1-8-9(2)16-7-11(8)12(15)14-10(3)13(4,5)6/h7,10H,1-6H3,(H,14,15)/t10-/m0/s1. The minimum atomic E-state index is 0.0456. The van der Waals surface area contributed by atoms with Gasteiger partial charge in [-0.25, -0.2) is 0 Å². The van der Waals surface area contributed by atoms with Crippen LogP contribution in [0.15, 0.2) is 5.38 Å². The maximum atomic E-state index is 12.0. The number of nitrogens with one attached hydrogen (secondary N) is 1. The van der Waals surface area contributed by atoms with Crippen LogP contribution in [0.25, 0.3) is 0 Å². The van der Waals surface area contributed by atoms with Crippen LogP contribution in [-0.2, 0) is 0 Å². The van der Waals surface area contributed by atoms with Crippen LogP contribution in [0.1, 0.15) is 48.5 Å². The molecule has 0 aromatic carbocycles. The molecule has 1 aromatic rings. The van der Waals surface area contributed by atoms with Crippen LogP contribution in [0.4, 0.5) is 0 Å². The molecule has 0 fully saturated rings. The van der Waals surface area contributed by atoms with Gasteiger partial charge in [-0.05, 0) is 31.7 Å². The summed E-state index contributed by atoms with van der Waals surface area (Å²) in [4.78, 5) is 13.2. The fourth-order valence-corrected chi connectivity index (χ4v) is 2.09. The lowest BCUT2D eigenvalue weighted by atomic mass is 9.88. The lowest BCUT2D eigenvalue weighted by Crippen LogP contribution is -2.41. The van der Waals surface area contributed by atoms with Crippen molar-refractivity contribution in [3.8, 4) is 0 Å². The van der Waals surface area contributed by atoms with Crippen molar-refractivity contribution in [1.29, 1.82) is 0 Å². The van der Waals surface area contributed by atoms with Crippen LogP contribution in [0, 0.1) is 19.3 Å². The van der Waals surface area contributed by atoms with Crippen LogP contribution in [0.3, 0.4) is 0 Å². The molecule has 1 heterocycles. The highest BCUT2D eigenvalue weighted by Crippen LogP contribution is 2.22. The average Bonchev–Trinajstić information content (AvgIpc) is 2.46. The predicted octanol–water partition coefficient (Wildman–Crippen LogP) is 3.53. The first-order valence-electron chi connectivity index (χ1n) is 5.59. The second-order valence-electron chi connectivity index (χ2n) is 5.39. The lowest BCUT2D eigenvalue weighted by molar-refractivity contribution is 0.0910. The highest BCUT2D eigenvalue weighted by atomic mass is 32.1. The number of thiophene rings is 1. The van der Waals surface area contributed by atoms with Gasteiger partial charge in [-0.15, -0.1) is 11.3 Å². The Kier molecular flexibility index (Phi) is 3.79. The van der Waals surface area contributed by atoms with E-state index < -0.39 is 0 Å². The maximum Gasteiger partial charge on any atom is 0.252 e. The number of hydrogen-bond donors (Lipinski definition) is 1. The molecule has 16 heavy (non-hydrogen) atoms. The van der Waals surface area contributed by atoms with E-state index in [1.165, 1.54) is 4.88 Å². The molecular weight excluding hydrogens is 218 g/mol. The zero-order valence-corrected chi connectivity index (χ0v) is 11.8. The van der Waals surface area contributed by atoms with E-state index >= 15 is 0 Å². The summed E-state index contributed by atoms with van der Waals surface area (Å²) in [5.74, 6) is 0.0456. The Morgan fingerprint density at radius 3 is 2.31 bits per heavy atom. The van der Waals surface area contributed by atoms with E-state index in [-0.39, 0.29) is 17.4 Å². The zero-order chi connectivity index (χ0) is 12.5. The molecule has 1 N–H and O–H groups in total. The Balaban J connectivity index is 2.78. The molecule has 0 saturated carbocycles. The molecule has 90 valence electrons. The molecule has 0 radical (unpaired) electrons. The fraction of sp³-hybridized carbons (Fsp3) is 0.615. The van der Waals surface area contributed by atoms with Crippen molar-refractivity contribution in [2.24, 2.45) is 5.41 Å². The van der Waals surface area contributed by atoms with Crippen LogP contribution in [0.2, 0.25) is 0 Å². The number of rotatable bonds is 2. The SMILES string of the molecule is Cc1scc(C(=O)N[C@@H](C)C(C)(C)C)c1C. The Morgan fingerprint density at radius 2 is 1.94 bits per heavy atom. The van der Waals surface area contributed by atoms with Gasteiger partial charge in [0.1, 0.15) is 0 Å². The molecule has 0 unspecified atom stereocenters. The molecule has 0 saturated heterocycles. The van der Waals surface area contributed by atoms with E-state index in [1.54, 1.807) is 11.3 Å². The van der Waals surface area contributed by atoms with Crippen molar-refractivity contribution in [1.82, 2.24) is 5.32 Å². The summed E-state index contributed by atoms with van der Waals surface area (Å²) in [6, 6.07) is 0.166. The fourth-order valence-electron chi connectivity index (χ4n) is 1.23. The summed E-state index contributed by atoms with van der Waals surface area (Å²) in [5, 5.41) is 5.00. The van der Waals surface area contributed by atoms with E-state index in [2.05, 4.69) is 26.1 Å². The minimum Gasteiger partial charge on any atom is -0.349 e. The van der Waals surface area contributed by atoms with Gasteiger partial charge in [-0.2, -0.15) is 0 Å². The highest BCUT2D eigenvalue weighted by molar-refractivity contribution is 7.10. The first-order valence-corrected chi connectivity index (χ1v) is 6.47. The van der Waals surface area contributed by atoms with Crippen LogP contribution in [-0.4, -0.2) is 11.9 Å². The second-order valence-corrected chi connectivity index (χ2v) is 6.48. The third-order valence-electron chi connectivity index (χ3n) is 3.18. The first-order chi connectivity index (χ1) is 7.23. The smallest absolute Gasteiger partial charge is 0.252 e. The summed E-state index contributed by atoms with van der Waals surface area (Å²) in [7, 11) is 0. The normalized spacial score (nSPS) is 13.6. The Morgan fingerprint density at radius 1 is 1.38 bits per heavy atom. The Bertz CT molecular complexity index is 387. The molecule has 0 aliphatic heterocycles. The number of carbonyl (C=O) groups is 1. The second kappa shape index (κ2) is 4.58. The summed E-state index contributed by atoms with van der Waals surface area (Å²) in [5.41, 5.74) is 2.01. The number of aryl methyl sites for hydroxylation is 1. The Labute approximate surface area is 102 Å². The van der Waals surface area contributed by atoms with E-state index in [1.807, 2.05) is 26.2 Å². The third kappa shape index (κ3) is 2.85. The van der Waals surface area contributed by atoms with Gasteiger partial charge in [-0.1, -0.05) is 20.8 Å². The number of amides is 1. The van der Waals surface area contributed by atoms with Crippen LogP contribution < -0.4 is 5.32 Å². The van der Waals surface area contributed by atoms with Gasteiger partial charge < -0.3 is 5.32 Å². The first kappa shape index (κ1) is 13.2. The van der Waals surface area contributed by atoms with Gasteiger partial charge >= 0.3 is 0 Å².